The molecule has 1 aliphatic carbocycles. The number of morpholine rings is 1. The zero-order valence-corrected chi connectivity index (χ0v) is 18.7. The molecule has 4 rings (SSSR count). The van der Waals surface area contributed by atoms with E-state index in [-0.39, 0.29) is 24.8 Å². The van der Waals surface area contributed by atoms with Crippen LogP contribution in [-0.4, -0.2) is 60.0 Å². The lowest BCUT2D eigenvalue weighted by Gasteiger charge is -2.26. The number of halogens is 3. The Morgan fingerprint density at radius 2 is 2.00 bits per heavy atom. The summed E-state index contributed by atoms with van der Waals surface area (Å²) >= 11 is 0. The number of aromatic nitrogens is 2. The van der Waals surface area contributed by atoms with Gasteiger partial charge in [0.2, 0.25) is 0 Å². The first-order valence-electron chi connectivity index (χ1n) is 11.3. The lowest BCUT2D eigenvalue weighted by Crippen LogP contribution is -2.37. The lowest BCUT2D eigenvalue weighted by atomic mass is 10.1. The van der Waals surface area contributed by atoms with Crippen molar-refractivity contribution < 1.29 is 27.4 Å². The molecule has 1 N–H and O–H groups in total. The van der Waals surface area contributed by atoms with Gasteiger partial charge in [0.05, 0.1) is 31.1 Å². The highest BCUT2D eigenvalue weighted by Crippen LogP contribution is 2.39. The molecule has 10 heteroatoms. The normalized spacial score (nSPS) is 17.2. The molecule has 2 heterocycles. The summed E-state index contributed by atoms with van der Waals surface area (Å²) in [7, 11) is 1.69. The summed E-state index contributed by atoms with van der Waals surface area (Å²) in [6, 6.07) is 5.67. The van der Waals surface area contributed by atoms with E-state index in [2.05, 4.69) is 15.3 Å². The van der Waals surface area contributed by atoms with Crippen LogP contribution in [-0.2, 0) is 24.5 Å². The Bertz CT molecular complexity index is 966. The largest absolute Gasteiger partial charge is 0.493 e. The number of benzene rings is 1. The molecule has 7 nitrogen and oxygen atoms in total. The number of hydrogen-bond donors (Lipinski definition) is 1. The van der Waals surface area contributed by atoms with E-state index >= 15 is 0 Å². The van der Waals surface area contributed by atoms with Gasteiger partial charge in [-0.3, -0.25) is 14.4 Å². The minimum absolute atomic E-state index is 0.0246. The predicted molar refractivity (Wildman–Crippen MR) is 115 cm³/mol. The zero-order valence-electron chi connectivity index (χ0n) is 18.7. The Morgan fingerprint density at radius 3 is 2.70 bits per heavy atom. The molecule has 1 saturated carbocycles. The van der Waals surface area contributed by atoms with E-state index in [0.29, 0.717) is 36.8 Å². The highest BCUT2D eigenvalue weighted by Gasteiger charge is 2.35. The number of alkyl halides is 3. The van der Waals surface area contributed by atoms with Gasteiger partial charge in [-0.15, -0.1) is 0 Å². The Morgan fingerprint density at radius 1 is 1.24 bits per heavy atom. The van der Waals surface area contributed by atoms with Crippen molar-refractivity contribution in [1.82, 2.24) is 20.0 Å². The zero-order chi connectivity index (χ0) is 23.4. The number of hydrogen-bond acceptors (Lipinski definition) is 5. The first-order valence-corrected chi connectivity index (χ1v) is 11.3. The van der Waals surface area contributed by atoms with E-state index in [9.17, 15) is 18.0 Å². The number of aryl methyl sites for hydroxylation is 1. The third kappa shape index (κ3) is 6.26. The van der Waals surface area contributed by atoms with Crippen LogP contribution in [0.2, 0.25) is 0 Å². The van der Waals surface area contributed by atoms with Crippen molar-refractivity contribution >= 4 is 5.91 Å². The van der Waals surface area contributed by atoms with E-state index < -0.39 is 11.7 Å². The summed E-state index contributed by atoms with van der Waals surface area (Å²) in [6.07, 6.45) is -1.79. The van der Waals surface area contributed by atoms with Gasteiger partial charge in [0.25, 0.3) is 5.91 Å². The Balaban J connectivity index is 1.34. The number of rotatable bonds is 9. The molecular formula is C23H29F3N4O3. The molecule has 1 aromatic carbocycles. The van der Waals surface area contributed by atoms with Gasteiger partial charge in [-0.1, -0.05) is 6.07 Å². The van der Waals surface area contributed by atoms with Crippen LogP contribution in [0.15, 0.2) is 24.3 Å². The Kier molecular flexibility index (Phi) is 7.23. The van der Waals surface area contributed by atoms with Crippen molar-refractivity contribution in [1.29, 1.82) is 0 Å². The minimum atomic E-state index is -4.55. The van der Waals surface area contributed by atoms with E-state index in [0.717, 1.165) is 44.2 Å². The fourth-order valence-electron chi connectivity index (χ4n) is 3.88. The molecule has 1 amide bonds. The topological polar surface area (TPSA) is 68.6 Å². The molecule has 0 atom stereocenters. The average molecular weight is 467 g/mol. The fourth-order valence-corrected chi connectivity index (χ4v) is 3.88. The van der Waals surface area contributed by atoms with Gasteiger partial charge in [-0.2, -0.15) is 18.3 Å². The molecule has 2 aromatic rings. The molecule has 1 aliphatic heterocycles. The molecule has 0 spiro atoms. The third-order valence-electron chi connectivity index (χ3n) is 5.91. The summed E-state index contributed by atoms with van der Waals surface area (Å²) < 4.78 is 53.2. The van der Waals surface area contributed by atoms with E-state index in [1.54, 1.807) is 19.2 Å². The van der Waals surface area contributed by atoms with E-state index in [4.69, 9.17) is 9.47 Å². The molecule has 0 bridgehead atoms. The maximum absolute atomic E-state index is 13.6. The van der Waals surface area contributed by atoms with Gasteiger partial charge in [-0.05, 0) is 43.0 Å². The molecule has 0 unspecified atom stereocenters. The van der Waals surface area contributed by atoms with Crippen molar-refractivity contribution in [3.8, 4) is 5.75 Å². The molecule has 0 radical (unpaired) electrons. The first-order chi connectivity index (χ1) is 15.8. The summed E-state index contributed by atoms with van der Waals surface area (Å²) in [5.41, 5.74) is 0.795. The van der Waals surface area contributed by atoms with Crippen LogP contribution >= 0.6 is 0 Å². The van der Waals surface area contributed by atoms with Crippen LogP contribution in [0.1, 0.15) is 52.5 Å². The van der Waals surface area contributed by atoms with Crippen molar-refractivity contribution in [2.24, 2.45) is 7.05 Å². The number of nitrogens with zero attached hydrogens (tertiary/aromatic N) is 3. The Labute approximate surface area is 190 Å². The monoisotopic (exact) mass is 466 g/mol. The van der Waals surface area contributed by atoms with Crippen LogP contribution in [0, 0.1) is 0 Å². The van der Waals surface area contributed by atoms with Crippen LogP contribution in [0.3, 0.4) is 0 Å². The van der Waals surface area contributed by atoms with E-state index in [1.807, 2.05) is 0 Å². The molecule has 180 valence electrons. The van der Waals surface area contributed by atoms with Gasteiger partial charge in [0, 0.05) is 39.1 Å². The molecule has 2 fully saturated rings. The molecule has 1 saturated heterocycles. The van der Waals surface area contributed by atoms with Crippen molar-refractivity contribution in [2.45, 2.75) is 37.9 Å². The standard InChI is InChI=1S/C23H29F3N4O3/c1-29-20(14-19(28-29)17-4-5-17)22(31)27-15-16-3-6-21(18(13-16)23(24,25)26)33-10-2-7-30-8-11-32-12-9-30/h3,6,13-14,17H,2,4-5,7-12,15H2,1H3,(H,27,31). The van der Waals surface area contributed by atoms with Crippen LogP contribution in [0.5, 0.6) is 5.75 Å². The third-order valence-corrected chi connectivity index (χ3v) is 5.91. The second kappa shape index (κ2) is 10.1. The summed E-state index contributed by atoms with van der Waals surface area (Å²) in [6.45, 7) is 3.94. The number of nitrogens with one attached hydrogen (secondary N) is 1. The quantitative estimate of drug-likeness (QED) is 0.574. The average Bonchev–Trinajstić information content (AvgIpc) is 3.57. The highest BCUT2D eigenvalue weighted by molar-refractivity contribution is 5.92. The maximum Gasteiger partial charge on any atom is 0.419 e. The van der Waals surface area contributed by atoms with Crippen LogP contribution in [0.4, 0.5) is 13.2 Å². The SMILES string of the molecule is Cn1nc(C2CC2)cc1C(=O)NCc1ccc(OCCCN2CCOCC2)c(C(F)(F)F)c1. The predicted octanol–water partition coefficient (Wildman–Crippen LogP) is 3.35. The summed E-state index contributed by atoms with van der Waals surface area (Å²) in [5, 5.41) is 7.05. The highest BCUT2D eigenvalue weighted by atomic mass is 19.4. The maximum atomic E-state index is 13.6. The van der Waals surface area contributed by atoms with Gasteiger partial charge in [-0.25, -0.2) is 0 Å². The van der Waals surface area contributed by atoms with Crippen molar-refractivity contribution in [2.75, 3.05) is 39.5 Å². The second-order valence-corrected chi connectivity index (χ2v) is 8.52. The first kappa shape index (κ1) is 23.6. The van der Waals surface area contributed by atoms with Gasteiger partial charge >= 0.3 is 6.18 Å². The lowest BCUT2D eigenvalue weighted by molar-refractivity contribution is -0.139. The van der Waals surface area contributed by atoms with Crippen molar-refractivity contribution in [3.05, 3.63) is 46.8 Å². The molecule has 1 aromatic heterocycles. The van der Waals surface area contributed by atoms with Crippen LogP contribution < -0.4 is 10.1 Å². The number of carbonyl (C=O) groups is 1. The number of carbonyl (C=O) groups excluding carboxylic acids is 1. The Hall–Kier alpha value is -2.59. The van der Waals surface area contributed by atoms with Crippen LogP contribution in [0.25, 0.3) is 0 Å². The number of amides is 1. The second-order valence-electron chi connectivity index (χ2n) is 8.52. The fraction of sp³-hybridized carbons (Fsp3) is 0.565. The number of ether oxygens (including phenoxy) is 2. The van der Waals surface area contributed by atoms with Gasteiger partial charge in [0.1, 0.15) is 11.4 Å². The molecule has 2 aliphatic rings. The summed E-state index contributed by atoms with van der Waals surface area (Å²) in [4.78, 5) is 14.7. The molecular weight excluding hydrogens is 437 g/mol. The minimum Gasteiger partial charge on any atom is -0.493 e. The van der Waals surface area contributed by atoms with Gasteiger partial charge in [0.15, 0.2) is 0 Å². The summed E-state index contributed by atoms with van der Waals surface area (Å²) in [5.74, 6) is -0.150. The van der Waals surface area contributed by atoms with Gasteiger partial charge < -0.3 is 14.8 Å². The van der Waals surface area contributed by atoms with Crippen molar-refractivity contribution in [3.63, 3.8) is 0 Å². The molecule has 33 heavy (non-hydrogen) atoms. The smallest absolute Gasteiger partial charge is 0.419 e. The van der Waals surface area contributed by atoms with E-state index in [1.165, 1.54) is 10.7 Å².